The Morgan fingerprint density at radius 2 is 1.78 bits per heavy atom. The van der Waals surface area contributed by atoms with Gasteiger partial charge in [-0.15, -0.1) is 0 Å². The normalized spacial score (nSPS) is 28.1. The van der Waals surface area contributed by atoms with E-state index in [2.05, 4.69) is 9.80 Å². The second kappa shape index (κ2) is 7.95. The maximum Gasteiger partial charge on any atom is 0.320 e. The minimum atomic E-state index is -0.418. The van der Waals surface area contributed by atoms with Crippen molar-refractivity contribution in [1.82, 2.24) is 9.80 Å². The number of hydrogen-bond donors (Lipinski definition) is 1. The third-order valence-corrected chi connectivity index (χ3v) is 5.08. The van der Waals surface area contributed by atoms with Crippen LogP contribution in [0, 0.1) is 0 Å². The minimum Gasteiger partial charge on any atom is -0.459 e. The molecule has 1 aliphatic heterocycles. The molecule has 0 aromatic rings. The number of ether oxygens (including phenoxy) is 1. The van der Waals surface area contributed by atoms with Crippen LogP contribution in [-0.4, -0.2) is 71.3 Å². The van der Waals surface area contributed by atoms with Crippen molar-refractivity contribution in [3.05, 3.63) is 0 Å². The molecule has 0 radical (unpaired) electrons. The second-order valence-electron chi connectivity index (χ2n) is 8.19. The first kappa shape index (κ1) is 18.7. The molecule has 1 saturated carbocycles. The summed E-state index contributed by atoms with van der Waals surface area (Å²) in [6.07, 6.45) is 6.43. The van der Waals surface area contributed by atoms with Gasteiger partial charge in [0.25, 0.3) is 0 Å². The average molecular weight is 326 g/mol. The monoisotopic (exact) mass is 326 g/mol. The molecule has 0 spiro atoms. The van der Waals surface area contributed by atoms with Gasteiger partial charge in [0.15, 0.2) is 0 Å². The van der Waals surface area contributed by atoms with Crippen LogP contribution < -0.4 is 0 Å². The van der Waals surface area contributed by atoms with Gasteiger partial charge in [-0.25, -0.2) is 0 Å². The molecule has 5 heteroatoms. The van der Waals surface area contributed by atoms with Crippen molar-refractivity contribution in [1.29, 1.82) is 0 Å². The molecule has 1 saturated heterocycles. The van der Waals surface area contributed by atoms with E-state index in [0.717, 1.165) is 45.2 Å². The van der Waals surface area contributed by atoms with Crippen LogP contribution in [0.15, 0.2) is 0 Å². The van der Waals surface area contributed by atoms with Crippen LogP contribution in [0.5, 0.6) is 0 Å². The Balaban J connectivity index is 1.76. The van der Waals surface area contributed by atoms with Crippen LogP contribution in [0.2, 0.25) is 0 Å². The topological polar surface area (TPSA) is 53.0 Å². The van der Waals surface area contributed by atoms with Crippen molar-refractivity contribution in [2.24, 2.45) is 0 Å². The smallest absolute Gasteiger partial charge is 0.320 e. The van der Waals surface area contributed by atoms with Crippen molar-refractivity contribution in [3.8, 4) is 0 Å². The zero-order valence-electron chi connectivity index (χ0n) is 15.3. The number of aliphatic hydroxyl groups excluding tert-OH is 1. The van der Waals surface area contributed by atoms with Crippen molar-refractivity contribution in [3.63, 3.8) is 0 Å². The minimum absolute atomic E-state index is 0.148. The number of likely N-dealkylation sites (N-methyl/N-ethyl adjacent to an activating group) is 1. The number of rotatable bonds is 4. The summed E-state index contributed by atoms with van der Waals surface area (Å²) in [7, 11) is 2.01. The summed E-state index contributed by atoms with van der Waals surface area (Å²) in [6.45, 7) is 8.10. The summed E-state index contributed by atoms with van der Waals surface area (Å²) in [4.78, 5) is 16.5. The largest absolute Gasteiger partial charge is 0.459 e. The van der Waals surface area contributed by atoms with E-state index in [-0.39, 0.29) is 12.1 Å². The molecule has 0 aromatic heterocycles. The Morgan fingerprint density at radius 3 is 2.35 bits per heavy atom. The van der Waals surface area contributed by atoms with Crippen LogP contribution in [-0.2, 0) is 9.53 Å². The summed E-state index contributed by atoms with van der Waals surface area (Å²) >= 11 is 0. The predicted octanol–water partition coefficient (Wildman–Crippen LogP) is 2.03. The van der Waals surface area contributed by atoms with E-state index in [1.165, 1.54) is 6.42 Å². The number of nitrogens with zero attached hydrogens (tertiary/aromatic N) is 2. The molecule has 2 unspecified atom stereocenters. The number of hydrogen-bond acceptors (Lipinski definition) is 5. The van der Waals surface area contributed by atoms with Crippen LogP contribution in [0.4, 0.5) is 0 Å². The molecule has 0 aromatic carbocycles. The first-order chi connectivity index (χ1) is 10.8. The molecule has 1 heterocycles. The summed E-state index contributed by atoms with van der Waals surface area (Å²) in [5.41, 5.74) is -0.418. The maximum absolute atomic E-state index is 12.0. The fourth-order valence-electron chi connectivity index (χ4n) is 3.88. The zero-order valence-corrected chi connectivity index (χ0v) is 15.3. The van der Waals surface area contributed by atoms with Crippen LogP contribution in [0.1, 0.15) is 59.3 Å². The summed E-state index contributed by atoms with van der Waals surface area (Å²) in [5.74, 6) is -0.148. The lowest BCUT2D eigenvalue weighted by atomic mass is 9.89. The highest BCUT2D eigenvalue weighted by Crippen LogP contribution is 2.26. The third kappa shape index (κ3) is 5.73. The Kier molecular flexibility index (Phi) is 6.46. The van der Waals surface area contributed by atoms with Crippen molar-refractivity contribution in [2.75, 3.05) is 26.7 Å². The van der Waals surface area contributed by atoms with E-state index < -0.39 is 5.60 Å². The van der Waals surface area contributed by atoms with Gasteiger partial charge in [-0.3, -0.25) is 14.6 Å². The van der Waals surface area contributed by atoms with Crippen LogP contribution in [0.25, 0.3) is 0 Å². The van der Waals surface area contributed by atoms with Crippen molar-refractivity contribution >= 4 is 5.97 Å². The summed E-state index contributed by atoms with van der Waals surface area (Å²) in [6, 6.07) is 0.778. The number of esters is 1. The number of likely N-dealkylation sites (tertiary alicyclic amines) is 1. The molecule has 2 aliphatic rings. The van der Waals surface area contributed by atoms with E-state index in [0.29, 0.717) is 18.6 Å². The van der Waals surface area contributed by atoms with E-state index in [1.807, 2.05) is 27.8 Å². The second-order valence-corrected chi connectivity index (χ2v) is 8.19. The first-order valence-electron chi connectivity index (χ1n) is 9.10. The lowest BCUT2D eigenvalue weighted by Crippen LogP contribution is -2.52. The molecule has 134 valence electrons. The molecule has 2 atom stereocenters. The van der Waals surface area contributed by atoms with Gasteiger partial charge in [0.2, 0.25) is 0 Å². The van der Waals surface area contributed by atoms with Gasteiger partial charge < -0.3 is 9.84 Å². The molecular formula is C18H34N2O3. The Morgan fingerprint density at radius 1 is 1.17 bits per heavy atom. The maximum atomic E-state index is 12.0. The summed E-state index contributed by atoms with van der Waals surface area (Å²) in [5, 5.41) is 10.2. The fraction of sp³-hybridized carbons (Fsp3) is 0.944. The zero-order chi connectivity index (χ0) is 17.0. The molecule has 23 heavy (non-hydrogen) atoms. The van der Waals surface area contributed by atoms with E-state index in [4.69, 9.17) is 4.74 Å². The van der Waals surface area contributed by atoms with Gasteiger partial charge in [-0.1, -0.05) is 12.8 Å². The lowest BCUT2D eigenvalue weighted by molar-refractivity contribution is -0.156. The van der Waals surface area contributed by atoms with Gasteiger partial charge in [0.1, 0.15) is 5.60 Å². The third-order valence-electron chi connectivity index (χ3n) is 5.08. The van der Waals surface area contributed by atoms with Gasteiger partial charge in [0, 0.05) is 25.2 Å². The number of carbonyl (C=O) groups excluding carboxylic acids is 1. The molecular weight excluding hydrogens is 292 g/mol. The quantitative estimate of drug-likeness (QED) is 0.801. The standard InChI is InChI=1S/C18H34N2O3/c1-18(2,3)23-17(22)13-19(4)14-9-11-20(12-10-14)15-7-5-6-8-16(15)21/h14-16,21H,5-13H2,1-4H3. The van der Waals surface area contributed by atoms with Gasteiger partial charge in [0.05, 0.1) is 12.6 Å². The van der Waals surface area contributed by atoms with Crippen molar-refractivity contribution in [2.45, 2.75) is 83.1 Å². The summed E-state index contributed by atoms with van der Waals surface area (Å²) < 4.78 is 5.41. The molecule has 1 aliphatic carbocycles. The van der Waals surface area contributed by atoms with Gasteiger partial charge in [-0.05, 0) is 53.5 Å². The van der Waals surface area contributed by atoms with Gasteiger partial charge >= 0.3 is 5.97 Å². The Hall–Kier alpha value is -0.650. The highest BCUT2D eigenvalue weighted by molar-refractivity contribution is 5.72. The van der Waals surface area contributed by atoms with E-state index in [9.17, 15) is 9.90 Å². The molecule has 5 nitrogen and oxygen atoms in total. The molecule has 1 N–H and O–H groups in total. The van der Waals surface area contributed by atoms with Crippen LogP contribution >= 0.6 is 0 Å². The SMILES string of the molecule is CN(CC(=O)OC(C)(C)C)C1CCN(C2CCCCC2O)CC1. The molecule has 2 fully saturated rings. The first-order valence-corrected chi connectivity index (χ1v) is 9.10. The number of carbonyl (C=O) groups is 1. The number of aliphatic hydroxyl groups is 1. The Labute approximate surface area is 141 Å². The fourth-order valence-corrected chi connectivity index (χ4v) is 3.88. The van der Waals surface area contributed by atoms with Crippen molar-refractivity contribution < 1.29 is 14.6 Å². The van der Waals surface area contributed by atoms with Crippen LogP contribution in [0.3, 0.4) is 0 Å². The average Bonchev–Trinajstić information content (AvgIpc) is 2.46. The van der Waals surface area contributed by atoms with E-state index in [1.54, 1.807) is 0 Å². The van der Waals surface area contributed by atoms with E-state index >= 15 is 0 Å². The Bertz CT molecular complexity index is 386. The highest BCUT2D eigenvalue weighted by atomic mass is 16.6. The lowest BCUT2D eigenvalue weighted by Gasteiger charge is -2.43. The molecule has 0 amide bonds. The highest BCUT2D eigenvalue weighted by Gasteiger charge is 2.32. The molecule has 0 bridgehead atoms. The molecule has 2 rings (SSSR count). The predicted molar refractivity (Wildman–Crippen MR) is 91.3 cm³/mol. The number of piperidine rings is 1. The van der Waals surface area contributed by atoms with Gasteiger partial charge in [-0.2, -0.15) is 0 Å².